The SMILES string of the molecule is O[C@@H]1CN(Cc2ccco2)CC[C@H]1Oc1cc(F)cc(F)c1. The summed E-state index contributed by atoms with van der Waals surface area (Å²) in [4.78, 5) is 2.05. The first-order valence-electron chi connectivity index (χ1n) is 7.16. The van der Waals surface area contributed by atoms with Crippen molar-refractivity contribution in [1.29, 1.82) is 0 Å². The first-order chi connectivity index (χ1) is 10.6. The van der Waals surface area contributed by atoms with Crippen LogP contribution in [0, 0.1) is 11.6 Å². The monoisotopic (exact) mass is 309 g/mol. The third kappa shape index (κ3) is 3.64. The van der Waals surface area contributed by atoms with Gasteiger partial charge in [0.1, 0.15) is 35.4 Å². The minimum atomic E-state index is -0.727. The molecule has 0 unspecified atom stereocenters. The zero-order valence-electron chi connectivity index (χ0n) is 11.9. The van der Waals surface area contributed by atoms with E-state index in [4.69, 9.17) is 9.15 Å². The lowest BCUT2D eigenvalue weighted by atomic mass is 10.0. The summed E-state index contributed by atoms with van der Waals surface area (Å²) in [5, 5.41) is 10.2. The maximum absolute atomic E-state index is 13.2. The van der Waals surface area contributed by atoms with Gasteiger partial charge in [-0.15, -0.1) is 0 Å². The van der Waals surface area contributed by atoms with E-state index in [2.05, 4.69) is 4.90 Å². The normalized spacial score (nSPS) is 22.7. The molecule has 2 aromatic rings. The second-order valence-electron chi connectivity index (χ2n) is 5.43. The number of ether oxygens (including phenoxy) is 1. The van der Waals surface area contributed by atoms with Gasteiger partial charge in [0, 0.05) is 31.3 Å². The highest BCUT2D eigenvalue weighted by molar-refractivity contribution is 5.24. The fraction of sp³-hybridized carbons (Fsp3) is 0.375. The molecule has 0 radical (unpaired) electrons. The van der Waals surface area contributed by atoms with E-state index in [9.17, 15) is 13.9 Å². The van der Waals surface area contributed by atoms with Crippen LogP contribution in [0.3, 0.4) is 0 Å². The predicted molar refractivity (Wildman–Crippen MR) is 75.4 cm³/mol. The van der Waals surface area contributed by atoms with Crippen molar-refractivity contribution in [3.63, 3.8) is 0 Å². The van der Waals surface area contributed by atoms with Crippen molar-refractivity contribution in [3.8, 4) is 5.75 Å². The molecule has 0 amide bonds. The molecule has 1 N–H and O–H groups in total. The molecule has 22 heavy (non-hydrogen) atoms. The van der Waals surface area contributed by atoms with E-state index in [-0.39, 0.29) is 5.75 Å². The van der Waals surface area contributed by atoms with Crippen molar-refractivity contribution in [2.45, 2.75) is 25.2 Å². The highest BCUT2D eigenvalue weighted by Crippen LogP contribution is 2.22. The van der Waals surface area contributed by atoms with Crippen LogP contribution in [-0.2, 0) is 6.54 Å². The summed E-state index contributed by atoms with van der Waals surface area (Å²) >= 11 is 0. The van der Waals surface area contributed by atoms with Crippen molar-refractivity contribution in [2.75, 3.05) is 13.1 Å². The largest absolute Gasteiger partial charge is 0.487 e. The van der Waals surface area contributed by atoms with E-state index in [1.165, 1.54) is 0 Å². The molecule has 118 valence electrons. The second-order valence-corrected chi connectivity index (χ2v) is 5.43. The molecule has 1 saturated heterocycles. The second kappa shape index (κ2) is 6.46. The Labute approximate surface area is 126 Å². The summed E-state index contributed by atoms with van der Waals surface area (Å²) < 4.78 is 37.1. The maximum Gasteiger partial charge on any atom is 0.129 e. The summed E-state index contributed by atoms with van der Waals surface area (Å²) in [6.07, 6.45) is 0.976. The molecule has 0 bridgehead atoms. The number of hydrogen-bond acceptors (Lipinski definition) is 4. The van der Waals surface area contributed by atoms with Gasteiger partial charge in [0.25, 0.3) is 0 Å². The van der Waals surface area contributed by atoms with E-state index in [1.807, 2.05) is 12.1 Å². The first-order valence-corrected chi connectivity index (χ1v) is 7.16. The maximum atomic E-state index is 13.2. The Morgan fingerprint density at radius 2 is 2.05 bits per heavy atom. The van der Waals surface area contributed by atoms with Crippen LogP contribution in [0.15, 0.2) is 41.0 Å². The Morgan fingerprint density at radius 3 is 2.68 bits per heavy atom. The molecule has 0 aliphatic carbocycles. The van der Waals surface area contributed by atoms with Crippen molar-refractivity contribution in [3.05, 3.63) is 54.0 Å². The van der Waals surface area contributed by atoms with Gasteiger partial charge in [-0.05, 0) is 18.6 Å². The third-order valence-electron chi connectivity index (χ3n) is 3.69. The molecule has 2 heterocycles. The fourth-order valence-corrected chi connectivity index (χ4v) is 2.65. The molecule has 1 aromatic heterocycles. The molecule has 1 aromatic carbocycles. The molecule has 1 aliphatic heterocycles. The topological polar surface area (TPSA) is 45.8 Å². The molecule has 2 atom stereocenters. The van der Waals surface area contributed by atoms with E-state index in [0.717, 1.165) is 24.0 Å². The minimum Gasteiger partial charge on any atom is -0.487 e. The molecule has 1 aliphatic rings. The summed E-state index contributed by atoms with van der Waals surface area (Å²) in [7, 11) is 0. The molecular formula is C16H17F2NO3. The van der Waals surface area contributed by atoms with Crippen molar-refractivity contribution < 1.29 is 23.0 Å². The molecular weight excluding hydrogens is 292 g/mol. The zero-order chi connectivity index (χ0) is 15.5. The Balaban J connectivity index is 1.58. The van der Waals surface area contributed by atoms with E-state index < -0.39 is 23.8 Å². The smallest absolute Gasteiger partial charge is 0.129 e. The van der Waals surface area contributed by atoms with Gasteiger partial charge in [-0.2, -0.15) is 0 Å². The number of furan rings is 1. The molecule has 4 nitrogen and oxygen atoms in total. The van der Waals surface area contributed by atoms with Gasteiger partial charge in [0.2, 0.25) is 0 Å². The minimum absolute atomic E-state index is 0.0982. The van der Waals surface area contributed by atoms with Crippen LogP contribution < -0.4 is 4.74 Å². The van der Waals surface area contributed by atoms with Gasteiger partial charge < -0.3 is 14.3 Å². The Morgan fingerprint density at radius 1 is 1.27 bits per heavy atom. The summed E-state index contributed by atoms with van der Waals surface area (Å²) in [6.45, 7) is 1.74. The van der Waals surface area contributed by atoms with Crippen LogP contribution in [0.5, 0.6) is 5.75 Å². The number of aliphatic hydroxyl groups excluding tert-OH is 1. The van der Waals surface area contributed by atoms with Gasteiger partial charge in [-0.1, -0.05) is 0 Å². The van der Waals surface area contributed by atoms with Crippen LogP contribution in [0.2, 0.25) is 0 Å². The predicted octanol–water partition coefficient (Wildman–Crippen LogP) is 2.57. The molecule has 3 rings (SSSR count). The van der Waals surface area contributed by atoms with Crippen LogP contribution in [0.25, 0.3) is 0 Å². The Kier molecular flexibility index (Phi) is 4.40. The number of aliphatic hydroxyl groups is 1. The van der Waals surface area contributed by atoms with Gasteiger partial charge in [-0.25, -0.2) is 8.78 Å². The molecule has 0 saturated carbocycles. The number of hydrogen-bond donors (Lipinski definition) is 1. The van der Waals surface area contributed by atoms with E-state index in [1.54, 1.807) is 6.26 Å². The first kappa shape index (κ1) is 15.0. The standard InChI is InChI=1S/C16H17F2NO3/c17-11-6-12(18)8-14(7-11)22-16-3-4-19(10-15(16)20)9-13-2-1-5-21-13/h1-2,5-8,15-16,20H,3-4,9-10H2/t15-,16-/m1/s1. The van der Waals surface area contributed by atoms with E-state index in [0.29, 0.717) is 26.1 Å². The van der Waals surface area contributed by atoms with Crippen LogP contribution in [0.4, 0.5) is 8.78 Å². The number of benzene rings is 1. The highest BCUT2D eigenvalue weighted by Gasteiger charge is 2.29. The van der Waals surface area contributed by atoms with Gasteiger partial charge in [-0.3, -0.25) is 4.90 Å². The summed E-state index contributed by atoms with van der Waals surface area (Å²) in [6, 6.07) is 6.72. The van der Waals surface area contributed by atoms with Crippen molar-refractivity contribution in [2.24, 2.45) is 0 Å². The lowest BCUT2D eigenvalue weighted by molar-refractivity contribution is -0.0291. The molecule has 0 spiro atoms. The summed E-state index contributed by atoms with van der Waals surface area (Å²) in [5.74, 6) is -0.459. The average molecular weight is 309 g/mol. The number of halogens is 2. The Bertz CT molecular complexity index is 598. The quantitative estimate of drug-likeness (QED) is 0.943. The third-order valence-corrected chi connectivity index (χ3v) is 3.69. The van der Waals surface area contributed by atoms with Crippen molar-refractivity contribution >= 4 is 0 Å². The number of β-amino-alcohol motifs (C(OH)–C–C–N with tert-alkyl or cyclic N) is 1. The average Bonchev–Trinajstić information content (AvgIpc) is 2.94. The molecule has 6 heteroatoms. The number of rotatable bonds is 4. The highest BCUT2D eigenvalue weighted by atomic mass is 19.1. The van der Waals surface area contributed by atoms with Gasteiger partial charge >= 0.3 is 0 Å². The van der Waals surface area contributed by atoms with Crippen LogP contribution in [-0.4, -0.2) is 35.3 Å². The number of likely N-dealkylation sites (tertiary alicyclic amines) is 1. The number of piperidine rings is 1. The lowest BCUT2D eigenvalue weighted by Gasteiger charge is -2.35. The number of nitrogens with zero attached hydrogens (tertiary/aromatic N) is 1. The summed E-state index contributed by atoms with van der Waals surface area (Å²) in [5.41, 5.74) is 0. The van der Waals surface area contributed by atoms with Gasteiger partial charge in [0.15, 0.2) is 0 Å². The van der Waals surface area contributed by atoms with Gasteiger partial charge in [0.05, 0.1) is 12.8 Å². The van der Waals surface area contributed by atoms with Crippen molar-refractivity contribution in [1.82, 2.24) is 4.90 Å². The van der Waals surface area contributed by atoms with E-state index >= 15 is 0 Å². The van der Waals surface area contributed by atoms with Crippen LogP contribution in [0.1, 0.15) is 12.2 Å². The van der Waals surface area contributed by atoms with Crippen LogP contribution >= 0.6 is 0 Å². The lowest BCUT2D eigenvalue weighted by Crippen LogP contribution is -2.48. The molecule has 1 fully saturated rings. The fourth-order valence-electron chi connectivity index (χ4n) is 2.65. The zero-order valence-corrected chi connectivity index (χ0v) is 11.9. The Hall–Kier alpha value is -1.92.